The van der Waals surface area contributed by atoms with E-state index in [0.717, 1.165) is 102 Å². The zero-order chi connectivity index (χ0) is 76.2. The molecule has 4 N–H and O–H groups in total. The average molecular weight is 1530 g/mol. The highest BCUT2D eigenvalue weighted by molar-refractivity contribution is 8.00. The molecule has 0 aromatic heterocycles. The summed E-state index contributed by atoms with van der Waals surface area (Å²) >= 11 is 1.88. The monoisotopic (exact) mass is 1530 g/mol. The predicted molar refractivity (Wildman–Crippen MR) is 432 cm³/mol. The molecular formula is C85H162N4O14PS+. The number of fused-ring (bicyclic) bond motifs is 1. The number of unbranched alkanes of at least 4 members (excludes halogenated alkanes) is 52. The van der Waals surface area contributed by atoms with Gasteiger partial charge in [-0.05, 0) is 38.5 Å². The molecule has 0 saturated carbocycles. The summed E-state index contributed by atoms with van der Waals surface area (Å²) in [6.07, 6.45) is 68.7. The third-order valence-corrected chi connectivity index (χ3v) is 23.5. The van der Waals surface area contributed by atoms with E-state index in [1.165, 1.54) is 263 Å². The standard InChI is InChI=1S/C85H161N4O14PS/c1-6-8-10-12-14-16-18-36-40-44-48-52-56-64-80(91)98-71-75(70-86-79(90)63-61-60-62-78-84-77(74-105-78)87-85(95)88-84)102-82(93)66-58-54-50-46-42-38-34-32-30-28-26-24-22-20-21-23-25-27-29-31-33-35-39-43-47-51-55-59-67-83(94)103-76(73-101-104(96,97)100-69-68-89(3,4)5)72-99-81(92)65-57-53-49-45-41-37-19-17-15-13-11-9-7-2/h75-78,84H,6-74H2,1-5H3,(H3-,86,87,88,90,95,96,97)/p+1/t75-,76+,77-,78-,84-/m0/s1. The largest absolute Gasteiger partial charge is 0.472 e. The van der Waals surface area contributed by atoms with Crippen molar-refractivity contribution in [1.29, 1.82) is 0 Å². The summed E-state index contributed by atoms with van der Waals surface area (Å²) in [5.41, 5.74) is 0. The molecule has 0 aromatic rings. The van der Waals surface area contributed by atoms with Crippen molar-refractivity contribution >= 4 is 55.4 Å². The topological polar surface area (TPSA) is 231 Å². The number of urea groups is 1. The first kappa shape index (κ1) is 98.1. The Labute approximate surface area is 646 Å². The number of esters is 4. The molecule has 0 bridgehead atoms. The van der Waals surface area contributed by atoms with Crippen LogP contribution in [0.3, 0.4) is 0 Å². The second-order valence-electron chi connectivity index (χ2n) is 32.3. The first-order valence-corrected chi connectivity index (χ1v) is 46.6. The van der Waals surface area contributed by atoms with E-state index in [9.17, 15) is 38.2 Å². The fraction of sp³-hybridized carbons (Fsp3) is 0.929. The number of hydrogen-bond acceptors (Lipinski definition) is 14. The highest BCUT2D eigenvalue weighted by Crippen LogP contribution is 2.43. The highest BCUT2D eigenvalue weighted by atomic mass is 32.2. The Morgan fingerprint density at radius 1 is 0.429 bits per heavy atom. The number of phosphoric ester groups is 1. The zero-order valence-corrected chi connectivity index (χ0v) is 69.9. The van der Waals surface area contributed by atoms with E-state index in [1.807, 2.05) is 32.9 Å². The first-order chi connectivity index (χ1) is 51.0. The minimum Gasteiger partial charge on any atom is -0.462 e. The number of hydrogen-bond donors (Lipinski definition) is 4. The van der Waals surface area contributed by atoms with Gasteiger partial charge in [0.15, 0.2) is 12.2 Å². The van der Waals surface area contributed by atoms with Crippen molar-refractivity contribution < 1.29 is 70.7 Å². The lowest BCUT2D eigenvalue weighted by Crippen LogP contribution is -2.38. The lowest BCUT2D eigenvalue weighted by Gasteiger charge is -2.24. The first-order valence-electron chi connectivity index (χ1n) is 44.1. The zero-order valence-electron chi connectivity index (χ0n) is 68.2. The fourth-order valence-corrected chi connectivity index (χ4v) is 16.5. The maximum absolute atomic E-state index is 13.0. The van der Waals surface area contributed by atoms with Gasteiger partial charge in [-0.3, -0.25) is 33.0 Å². The Hall–Kier alpha value is -2.96. The Kier molecular flexibility index (Phi) is 64.5. The number of quaternary nitrogens is 1. The number of amides is 3. The second kappa shape index (κ2) is 69.0. The second-order valence-corrected chi connectivity index (χ2v) is 35.0. The van der Waals surface area contributed by atoms with Crippen LogP contribution in [0.2, 0.25) is 0 Å². The SMILES string of the molecule is CCCCCCCCCCCCCCCC(=O)OC[C@H](COP(=O)(O)OCC[N+](C)(C)C)OC(=O)CCCCCCCCCCCCCCCCCCCCCCCCCCCCCCC(=O)O[C@@H](CNC(=O)CCCC[C@@H]1SC[C@@H]2NC(=O)N[C@@H]21)COC(=O)CCCCCCCCCCCCCCC. The lowest BCUT2D eigenvalue weighted by atomic mass is 10.0. The summed E-state index contributed by atoms with van der Waals surface area (Å²) in [5.74, 6) is -0.583. The van der Waals surface area contributed by atoms with E-state index < -0.39 is 32.6 Å². The third kappa shape index (κ3) is 63.4. The van der Waals surface area contributed by atoms with Gasteiger partial charge >= 0.3 is 37.7 Å². The molecule has 616 valence electrons. The van der Waals surface area contributed by atoms with Crippen LogP contribution in [0, 0.1) is 0 Å². The molecule has 6 atom stereocenters. The molecule has 0 radical (unpaired) electrons. The van der Waals surface area contributed by atoms with Crippen molar-refractivity contribution in [3.05, 3.63) is 0 Å². The number of likely N-dealkylation sites (N-methyl/N-ethyl adjacent to an activating group) is 1. The summed E-state index contributed by atoms with van der Waals surface area (Å²) in [6.45, 7) is 4.45. The molecule has 20 heteroatoms. The molecule has 2 aliphatic heterocycles. The number of thioether (sulfide) groups is 1. The summed E-state index contributed by atoms with van der Waals surface area (Å²) in [4.78, 5) is 86.2. The van der Waals surface area contributed by atoms with Crippen LogP contribution in [-0.4, -0.2) is 141 Å². The normalized spacial score (nSPS) is 16.1. The molecular weight excluding hydrogens is 1360 g/mol. The molecule has 18 nitrogen and oxygen atoms in total. The molecule has 2 saturated heterocycles. The molecule has 1 unspecified atom stereocenters. The average Bonchev–Trinajstić information content (AvgIpc) is 1.67. The van der Waals surface area contributed by atoms with Gasteiger partial charge in [0, 0.05) is 43.1 Å². The van der Waals surface area contributed by atoms with Crippen LogP contribution in [-0.2, 0) is 56.5 Å². The fourth-order valence-electron chi connectivity index (χ4n) is 14.2. The summed E-state index contributed by atoms with van der Waals surface area (Å²) < 4.78 is 46.1. The van der Waals surface area contributed by atoms with Gasteiger partial charge in [0.25, 0.3) is 0 Å². The number of nitrogens with one attached hydrogen (secondary N) is 3. The van der Waals surface area contributed by atoms with Gasteiger partial charge in [-0.25, -0.2) is 9.36 Å². The van der Waals surface area contributed by atoms with E-state index >= 15 is 0 Å². The number of rotatable bonds is 79. The summed E-state index contributed by atoms with van der Waals surface area (Å²) in [7, 11) is 1.46. The Bertz CT molecular complexity index is 2160. The van der Waals surface area contributed by atoms with Crippen molar-refractivity contribution in [3.63, 3.8) is 0 Å². The van der Waals surface area contributed by atoms with Crippen molar-refractivity contribution in [2.45, 2.75) is 441 Å². The smallest absolute Gasteiger partial charge is 0.462 e. The summed E-state index contributed by atoms with van der Waals surface area (Å²) in [5, 5.41) is 9.32. The van der Waals surface area contributed by atoms with E-state index in [2.05, 4.69) is 29.8 Å². The predicted octanol–water partition coefficient (Wildman–Crippen LogP) is 22.2. The number of carbonyl (C=O) groups excluding carboxylic acids is 6. The van der Waals surface area contributed by atoms with Gasteiger partial charge in [-0.1, -0.05) is 341 Å². The molecule has 3 amide bonds. The van der Waals surface area contributed by atoms with Crippen LogP contribution >= 0.6 is 19.6 Å². The maximum Gasteiger partial charge on any atom is 0.472 e. The molecule has 2 fully saturated rings. The number of phosphoric acid groups is 1. The lowest BCUT2D eigenvalue weighted by molar-refractivity contribution is -0.870. The van der Waals surface area contributed by atoms with Crippen molar-refractivity contribution in [2.75, 3.05) is 66.4 Å². The van der Waals surface area contributed by atoms with Crippen LogP contribution in [0.4, 0.5) is 4.79 Å². The number of nitrogens with zero attached hydrogens (tertiary/aromatic N) is 1. The van der Waals surface area contributed by atoms with E-state index in [0.29, 0.717) is 42.0 Å². The minimum atomic E-state index is -4.40. The van der Waals surface area contributed by atoms with Crippen LogP contribution in [0.25, 0.3) is 0 Å². The molecule has 2 heterocycles. The van der Waals surface area contributed by atoms with E-state index in [4.69, 9.17) is 28.0 Å². The summed E-state index contributed by atoms with van der Waals surface area (Å²) in [6, 6.07) is 0.261. The molecule has 0 aromatic carbocycles. The van der Waals surface area contributed by atoms with Gasteiger partial charge in [0.2, 0.25) is 5.91 Å². The molecule has 2 aliphatic rings. The Morgan fingerprint density at radius 3 is 1.10 bits per heavy atom. The maximum atomic E-state index is 13.0. The van der Waals surface area contributed by atoms with Crippen molar-refractivity contribution in [1.82, 2.24) is 16.0 Å². The van der Waals surface area contributed by atoms with E-state index in [1.54, 1.807) is 0 Å². The van der Waals surface area contributed by atoms with E-state index in [-0.39, 0.29) is 81.1 Å². The van der Waals surface area contributed by atoms with Crippen LogP contribution < -0.4 is 16.0 Å². The number of carbonyl (C=O) groups is 6. The molecule has 105 heavy (non-hydrogen) atoms. The van der Waals surface area contributed by atoms with Crippen LogP contribution in [0.1, 0.15) is 412 Å². The van der Waals surface area contributed by atoms with Crippen LogP contribution in [0.5, 0.6) is 0 Å². The highest BCUT2D eigenvalue weighted by Gasteiger charge is 2.42. The molecule has 2 rings (SSSR count). The Morgan fingerprint density at radius 2 is 0.743 bits per heavy atom. The van der Waals surface area contributed by atoms with Gasteiger partial charge in [-0.2, -0.15) is 11.8 Å². The van der Waals surface area contributed by atoms with Crippen LogP contribution in [0.15, 0.2) is 0 Å². The van der Waals surface area contributed by atoms with Gasteiger partial charge in [0.05, 0.1) is 46.4 Å². The van der Waals surface area contributed by atoms with Crippen molar-refractivity contribution in [2.24, 2.45) is 0 Å². The molecule has 0 aliphatic carbocycles. The quantitative estimate of drug-likeness (QED) is 0.0111. The Balaban J connectivity index is 1.44. The minimum absolute atomic E-state index is 0.0228. The van der Waals surface area contributed by atoms with Gasteiger partial charge in [0.1, 0.15) is 26.4 Å². The van der Waals surface area contributed by atoms with Crippen molar-refractivity contribution in [3.8, 4) is 0 Å². The number of ether oxygens (including phenoxy) is 4. The third-order valence-electron chi connectivity index (χ3n) is 21.0. The van der Waals surface area contributed by atoms with Gasteiger partial charge in [-0.15, -0.1) is 0 Å². The van der Waals surface area contributed by atoms with Gasteiger partial charge < -0.3 is 44.3 Å². The molecule has 0 spiro atoms.